The first-order chi connectivity index (χ1) is 16.4. The average Bonchev–Trinajstić information content (AvgIpc) is 3.45. The van der Waals surface area contributed by atoms with Gasteiger partial charge >= 0.3 is 0 Å². The minimum atomic E-state index is -0.549. The molecular formula is C26H22BrN3O3S. The number of carbonyl (C=O) groups is 2. The maximum Gasteiger partial charge on any atom is 0.265 e. The van der Waals surface area contributed by atoms with Gasteiger partial charge in [-0.1, -0.05) is 45.9 Å². The van der Waals surface area contributed by atoms with Gasteiger partial charge in [-0.05, 0) is 73.4 Å². The molecule has 34 heavy (non-hydrogen) atoms. The number of thioether (sulfide) groups is 1. The van der Waals surface area contributed by atoms with Crippen molar-refractivity contribution in [3.8, 4) is 6.07 Å². The minimum Gasteiger partial charge on any atom is -0.467 e. The van der Waals surface area contributed by atoms with E-state index >= 15 is 0 Å². The van der Waals surface area contributed by atoms with Gasteiger partial charge in [-0.3, -0.25) is 14.5 Å². The van der Waals surface area contributed by atoms with Gasteiger partial charge in [0.1, 0.15) is 22.4 Å². The summed E-state index contributed by atoms with van der Waals surface area (Å²) in [7, 11) is 0. The Labute approximate surface area is 210 Å². The topological polar surface area (TPSA) is 86.3 Å². The molecule has 1 fully saturated rings. The number of hydrogen-bond acceptors (Lipinski definition) is 5. The second-order valence-corrected chi connectivity index (χ2v) is 10.0. The highest BCUT2D eigenvalue weighted by Gasteiger charge is 2.40. The number of nitrogens with one attached hydrogen (secondary N) is 1. The number of carbonyl (C=O) groups excluding carboxylic acids is 2. The number of nitrogens with zero attached hydrogens (tertiary/aromatic N) is 2. The number of amides is 2. The molecule has 2 amide bonds. The van der Waals surface area contributed by atoms with Crippen LogP contribution in [0.2, 0.25) is 0 Å². The molecule has 1 aliphatic rings. The fourth-order valence-corrected chi connectivity index (χ4v) is 5.16. The zero-order chi connectivity index (χ0) is 24.2. The quantitative estimate of drug-likeness (QED) is 0.337. The van der Waals surface area contributed by atoms with Gasteiger partial charge in [-0.15, -0.1) is 0 Å². The van der Waals surface area contributed by atoms with Crippen LogP contribution in [-0.2, 0) is 22.6 Å². The highest BCUT2D eigenvalue weighted by Crippen LogP contribution is 2.42. The second kappa shape index (κ2) is 10.3. The standard InChI is InChI=1S/C26H22BrN3O3S/c1-16-5-10-20(12-17(16)2)30-25(32)23(13-18-6-8-19(27)9-7-18)34-26(30)22(14-28)24(31)29-15-21-4-3-11-33-21/h3-12,23H,13,15H2,1-2H3,(H,29,31)/b26-22-. The average molecular weight is 536 g/mol. The summed E-state index contributed by atoms with van der Waals surface area (Å²) in [6.45, 7) is 4.11. The first-order valence-electron chi connectivity index (χ1n) is 10.6. The molecule has 1 N–H and O–H groups in total. The Balaban J connectivity index is 1.70. The van der Waals surface area contributed by atoms with E-state index in [-0.39, 0.29) is 18.0 Å². The largest absolute Gasteiger partial charge is 0.467 e. The van der Waals surface area contributed by atoms with Gasteiger partial charge in [0.05, 0.1) is 18.1 Å². The Morgan fingerprint density at radius 3 is 2.59 bits per heavy atom. The van der Waals surface area contributed by atoms with Gasteiger partial charge in [0.25, 0.3) is 5.91 Å². The van der Waals surface area contributed by atoms with Crippen LogP contribution in [-0.4, -0.2) is 17.1 Å². The molecule has 0 radical (unpaired) electrons. The number of halogens is 1. The zero-order valence-electron chi connectivity index (χ0n) is 18.7. The molecule has 2 heterocycles. The SMILES string of the molecule is Cc1ccc(N2C(=O)C(Cc3ccc(Br)cc3)S/C2=C(/C#N)C(=O)NCc2ccco2)cc1C. The first kappa shape index (κ1) is 23.9. The molecule has 1 aromatic heterocycles. The molecule has 172 valence electrons. The van der Waals surface area contributed by atoms with Crippen LogP contribution in [0.1, 0.15) is 22.5 Å². The summed E-state index contributed by atoms with van der Waals surface area (Å²) in [5, 5.41) is 12.5. The van der Waals surface area contributed by atoms with E-state index in [4.69, 9.17) is 4.42 Å². The molecular weight excluding hydrogens is 514 g/mol. The zero-order valence-corrected chi connectivity index (χ0v) is 21.1. The number of anilines is 1. The Morgan fingerprint density at radius 1 is 1.18 bits per heavy atom. The van der Waals surface area contributed by atoms with Crippen LogP contribution < -0.4 is 10.2 Å². The fourth-order valence-electron chi connectivity index (χ4n) is 3.59. The van der Waals surface area contributed by atoms with E-state index in [2.05, 4.69) is 21.2 Å². The summed E-state index contributed by atoms with van der Waals surface area (Å²) < 4.78 is 6.22. The predicted molar refractivity (Wildman–Crippen MR) is 136 cm³/mol. The van der Waals surface area contributed by atoms with Crippen molar-refractivity contribution >= 4 is 45.2 Å². The van der Waals surface area contributed by atoms with E-state index in [1.165, 1.54) is 22.9 Å². The van der Waals surface area contributed by atoms with Crippen LogP contribution in [0.15, 0.2) is 80.4 Å². The van der Waals surface area contributed by atoms with E-state index < -0.39 is 11.2 Å². The summed E-state index contributed by atoms with van der Waals surface area (Å²) in [6.07, 6.45) is 2.00. The first-order valence-corrected chi connectivity index (χ1v) is 12.3. The van der Waals surface area contributed by atoms with E-state index in [0.717, 1.165) is 21.2 Å². The third-order valence-electron chi connectivity index (χ3n) is 5.59. The molecule has 2 aromatic carbocycles. The number of hydrogen-bond donors (Lipinski definition) is 1. The molecule has 1 saturated heterocycles. The normalized spacial score (nSPS) is 16.9. The van der Waals surface area contributed by atoms with Crippen molar-refractivity contribution in [2.75, 3.05) is 4.90 Å². The molecule has 0 bridgehead atoms. The van der Waals surface area contributed by atoms with Crippen LogP contribution >= 0.6 is 27.7 Å². The molecule has 0 spiro atoms. The Kier molecular flexibility index (Phi) is 7.25. The van der Waals surface area contributed by atoms with Crippen molar-refractivity contribution in [1.82, 2.24) is 5.32 Å². The number of rotatable bonds is 6. The third kappa shape index (κ3) is 5.11. The van der Waals surface area contributed by atoms with Crippen molar-refractivity contribution in [2.45, 2.75) is 32.1 Å². The number of nitriles is 1. The van der Waals surface area contributed by atoms with E-state index in [9.17, 15) is 14.9 Å². The van der Waals surface area contributed by atoms with Crippen molar-refractivity contribution in [3.05, 3.63) is 98.4 Å². The summed E-state index contributed by atoms with van der Waals surface area (Å²) in [4.78, 5) is 28.1. The lowest BCUT2D eigenvalue weighted by Crippen LogP contribution is -2.32. The molecule has 0 saturated carbocycles. The lowest BCUT2D eigenvalue weighted by Gasteiger charge is -2.20. The van der Waals surface area contributed by atoms with Crippen molar-refractivity contribution in [3.63, 3.8) is 0 Å². The van der Waals surface area contributed by atoms with E-state index in [0.29, 0.717) is 22.9 Å². The van der Waals surface area contributed by atoms with Gasteiger partial charge in [-0.2, -0.15) is 5.26 Å². The molecule has 6 nitrogen and oxygen atoms in total. The summed E-state index contributed by atoms with van der Waals surface area (Å²) in [5.74, 6) is -0.130. The Bertz CT molecular complexity index is 1290. The lowest BCUT2D eigenvalue weighted by molar-refractivity contribution is -0.117. The summed E-state index contributed by atoms with van der Waals surface area (Å²) in [6, 6.07) is 19.0. The molecule has 8 heteroatoms. The van der Waals surface area contributed by atoms with Crippen LogP contribution in [0.4, 0.5) is 5.69 Å². The van der Waals surface area contributed by atoms with Gasteiger partial charge in [0, 0.05) is 10.2 Å². The highest BCUT2D eigenvalue weighted by molar-refractivity contribution is 9.10. The molecule has 3 aromatic rings. The summed E-state index contributed by atoms with van der Waals surface area (Å²) in [5.41, 5.74) is 3.65. The Hall–Kier alpha value is -3.28. The smallest absolute Gasteiger partial charge is 0.265 e. The lowest BCUT2D eigenvalue weighted by atomic mass is 10.1. The van der Waals surface area contributed by atoms with Gasteiger partial charge in [-0.25, -0.2) is 0 Å². The maximum absolute atomic E-state index is 13.6. The molecule has 1 unspecified atom stereocenters. The van der Waals surface area contributed by atoms with Crippen LogP contribution in [0.25, 0.3) is 0 Å². The maximum atomic E-state index is 13.6. The number of furan rings is 1. The highest BCUT2D eigenvalue weighted by atomic mass is 79.9. The number of aryl methyl sites for hydroxylation is 2. The number of benzene rings is 2. The van der Waals surface area contributed by atoms with Crippen molar-refractivity contribution in [2.24, 2.45) is 0 Å². The van der Waals surface area contributed by atoms with Crippen LogP contribution in [0.3, 0.4) is 0 Å². The summed E-state index contributed by atoms with van der Waals surface area (Å²) >= 11 is 4.68. The van der Waals surface area contributed by atoms with Crippen molar-refractivity contribution < 1.29 is 14.0 Å². The van der Waals surface area contributed by atoms with Crippen LogP contribution in [0.5, 0.6) is 0 Å². The predicted octanol–water partition coefficient (Wildman–Crippen LogP) is 5.40. The second-order valence-electron chi connectivity index (χ2n) is 7.93. The van der Waals surface area contributed by atoms with Gasteiger partial charge in [0.15, 0.2) is 0 Å². The minimum absolute atomic E-state index is 0.0959. The van der Waals surface area contributed by atoms with E-state index in [1.807, 2.05) is 62.4 Å². The Morgan fingerprint density at radius 2 is 1.94 bits per heavy atom. The van der Waals surface area contributed by atoms with Crippen LogP contribution in [0, 0.1) is 25.2 Å². The molecule has 1 atom stereocenters. The van der Waals surface area contributed by atoms with Gasteiger partial charge in [0.2, 0.25) is 5.91 Å². The molecule has 1 aliphatic heterocycles. The fraction of sp³-hybridized carbons (Fsp3) is 0.192. The van der Waals surface area contributed by atoms with Crippen molar-refractivity contribution in [1.29, 1.82) is 5.26 Å². The monoisotopic (exact) mass is 535 g/mol. The van der Waals surface area contributed by atoms with Gasteiger partial charge < -0.3 is 9.73 Å². The van der Waals surface area contributed by atoms with E-state index in [1.54, 1.807) is 12.1 Å². The molecule has 4 rings (SSSR count). The molecule has 0 aliphatic carbocycles. The third-order valence-corrected chi connectivity index (χ3v) is 7.38.